The first-order valence-electron chi connectivity index (χ1n) is 5.62. The highest BCUT2D eigenvalue weighted by Crippen LogP contribution is 2.26. The third kappa shape index (κ3) is 3.50. The first-order valence-corrected chi connectivity index (χ1v) is 6.00. The molecule has 1 aromatic carbocycles. The summed E-state index contributed by atoms with van der Waals surface area (Å²) in [6.07, 6.45) is 0.402. The van der Waals surface area contributed by atoms with E-state index < -0.39 is 5.82 Å². The van der Waals surface area contributed by atoms with Gasteiger partial charge in [-0.3, -0.25) is 0 Å². The third-order valence-electron chi connectivity index (χ3n) is 2.46. The lowest BCUT2D eigenvalue weighted by Crippen LogP contribution is -2.28. The molecule has 0 radical (unpaired) electrons. The first-order chi connectivity index (χ1) is 9.10. The third-order valence-corrected chi connectivity index (χ3v) is 2.77. The van der Waals surface area contributed by atoms with Gasteiger partial charge in [-0.2, -0.15) is 4.98 Å². The maximum Gasteiger partial charge on any atom is 0.228 e. The van der Waals surface area contributed by atoms with Crippen molar-refractivity contribution in [1.82, 2.24) is 10.1 Å². The van der Waals surface area contributed by atoms with Gasteiger partial charge in [0.05, 0.1) is 11.6 Å². The number of rotatable bonds is 5. The van der Waals surface area contributed by atoms with Gasteiger partial charge in [0.25, 0.3) is 0 Å². The summed E-state index contributed by atoms with van der Waals surface area (Å²) in [5.74, 6) is 0.282. The Labute approximate surface area is 114 Å². The highest BCUT2D eigenvalue weighted by atomic mass is 35.5. The van der Waals surface area contributed by atoms with Crippen LogP contribution < -0.4 is 5.73 Å². The quantitative estimate of drug-likeness (QED) is 0.910. The number of nitrogens with zero attached hydrogens (tertiary/aromatic N) is 2. The molecule has 1 heterocycles. The van der Waals surface area contributed by atoms with Crippen molar-refractivity contribution in [3.63, 3.8) is 0 Å². The first kappa shape index (κ1) is 13.9. The van der Waals surface area contributed by atoms with Crippen molar-refractivity contribution in [3.05, 3.63) is 34.9 Å². The molecule has 1 atom stereocenters. The molecule has 0 saturated carbocycles. The minimum Gasteiger partial charge on any atom is -0.383 e. The predicted molar refractivity (Wildman–Crippen MR) is 68.3 cm³/mol. The standard InChI is InChI=1S/C12H13ClFN3O2/c1-18-6-8(15)5-11-16-12(17-19-11)9-3-2-7(14)4-10(9)13/h2-4,8H,5-6,15H2,1H3. The molecule has 0 spiro atoms. The molecule has 0 fully saturated rings. The zero-order valence-corrected chi connectivity index (χ0v) is 11.0. The SMILES string of the molecule is COCC(N)Cc1nc(-c2ccc(F)cc2Cl)no1. The Balaban J connectivity index is 2.16. The smallest absolute Gasteiger partial charge is 0.228 e. The molecular formula is C12H13ClFN3O2. The second-order valence-corrected chi connectivity index (χ2v) is 4.46. The van der Waals surface area contributed by atoms with E-state index in [9.17, 15) is 4.39 Å². The molecule has 102 valence electrons. The predicted octanol–water partition coefficient (Wildman–Crippen LogP) is 2.05. The van der Waals surface area contributed by atoms with E-state index in [4.69, 9.17) is 26.6 Å². The average molecular weight is 286 g/mol. The number of benzene rings is 1. The zero-order valence-electron chi connectivity index (χ0n) is 10.3. The Morgan fingerprint density at radius 3 is 3.00 bits per heavy atom. The lowest BCUT2D eigenvalue weighted by atomic mass is 10.2. The van der Waals surface area contributed by atoms with E-state index in [2.05, 4.69) is 10.1 Å². The van der Waals surface area contributed by atoms with Gasteiger partial charge in [0.15, 0.2) is 0 Å². The van der Waals surface area contributed by atoms with E-state index in [1.165, 1.54) is 18.2 Å². The number of hydrogen-bond donors (Lipinski definition) is 1. The van der Waals surface area contributed by atoms with Gasteiger partial charge in [-0.25, -0.2) is 4.39 Å². The maximum absolute atomic E-state index is 12.9. The van der Waals surface area contributed by atoms with Crippen LogP contribution in [0.15, 0.2) is 22.7 Å². The van der Waals surface area contributed by atoms with Crippen LogP contribution >= 0.6 is 11.6 Å². The molecule has 2 N–H and O–H groups in total. The van der Waals surface area contributed by atoms with Crippen molar-refractivity contribution in [2.24, 2.45) is 5.73 Å². The molecule has 0 aliphatic heterocycles. The van der Waals surface area contributed by atoms with Crippen LogP contribution in [0, 0.1) is 5.82 Å². The second-order valence-electron chi connectivity index (χ2n) is 4.06. The summed E-state index contributed by atoms with van der Waals surface area (Å²) in [6.45, 7) is 0.398. The van der Waals surface area contributed by atoms with Gasteiger partial charge >= 0.3 is 0 Å². The van der Waals surface area contributed by atoms with Crippen LogP contribution in [-0.2, 0) is 11.2 Å². The molecule has 7 heteroatoms. The summed E-state index contributed by atoms with van der Waals surface area (Å²) >= 11 is 5.92. The van der Waals surface area contributed by atoms with Crippen molar-refractivity contribution < 1.29 is 13.7 Å². The Hall–Kier alpha value is -1.50. The Bertz CT molecular complexity index is 562. The molecule has 1 unspecified atom stereocenters. The lowest BCUT2D eigenvalue weighted by Gasteiger charge is -2.05. The second kappa shape index (κ2) is 6.10. The Morgan fingerprint density at radius 1 is 1.53 bits per heavy atom. The van der Waals surface area contributed by atoms with Crippen LogP contribution in [0.25, 0.3) is 11.4 Å². The van der Waals surface area contributed by atoms with E-state index in [0.717, 1.165) is 0 Å². The minimum absolute atomic E-state index is 0.220. The normalized spacial score (nSPS) is 12.6. The van der Waals surface area contributed by atoms with E-state index in [-0.39, 0.29) is 11.1 Å². The van der Waals surface area contributed by atoms with Crippen molar-refractivity contribution in [2.45, 2.75) is 12.5 Å². The van der Waals surface area contributed by atoms with Crippen LogP contribution in [0.1, 0.15) is 5.89 Å². The lowest BCUT2D eigenvalue weighted by molar-refractivity contribution is 0.176. The zero-order chi connectivity index (χ0) is 13.8. The molecule has 0 saturated heterocycles. The van der Waals surface area contributed by atoms with Gasteiger partial charge in [-0.15, -0.1) is 0 Å². The monoisotopic (exact) mass is 285 g/mol. The fourth-order valence-corrected chi connectivity index (χ4v) is 1.87. The highest BCUT2D eigenvalue weighted by molar-refractivity contribution is 6.33. The van der Waals surface area contributed by atoms with Crippen LogP contribution in [0.4, 0.5) is 4.39 Å². The van der Waals surface area contributed by atoms with Gasteiger partial charge in [-0.05, 0) is 18.2 Å². The molecule has 0 amide bonds. The number of methoxy groups -OCH3 is 1. The molecule has 0 bridgehead atoms. The van der Waals surface area contributed by atoms with Crippen molar-refractivity contribution in [2.75, 3.05) is 13.7 Å². The van der Waals surface area contributed by atoms with Crippen LogP contribution in [0.5, 0.6) is 0 Å². The molecule has 0 aliphatic rings. The van der Waals surface area contributed by atoms with Gasteiger partial charge < -0.3 is 15.0 Å². The topological polar surface area (TPSA) is 74.2 Å². The van der Waals surface area contributed by atoms with Gasteiger partial charge in [-0.1, -0.05) is 16.8 Å². The molecule has 0 aliphatic carbocycles. The van der Waals surface area contributed by atoms with Crippen molar-refractivity contribution in [3.8, 4) is 11.4 Å². The number of nitrogens with two attached hydrogens (primary N) is 1. The van der Waals surface area contributed by atoms with Crippen molar-refractivity contribution in [1.29, 1.82) is 0 Å². The number of aromatic nitrogens is 2. The Kier molecular flexibility index (Phi) is 4.47. The fraction of sp³-hybridized carbons (Fsp3) is 0.333. The highest BCUT2D eigenvalue weighted by Gasteiger charge is 2.14. The molecule has 1 aromatic heterocycles. The summed E-state index contributed by atoms with van der Waals surface area (Å²) < 4.78 is 22.9. The minimum atomic E-state index is -0.417. The summed E-state index contributed by atoms with van der Waals surface area (Å²) in [6, 6.07) is 3.76. The molecule has 19 heavy (non-hydrogen) atoms. The Morgan fingerprint density at radius 2 is 2.32 bits per heavy atom. The van der Waals surface area contributed by atoms with Crippen molar-refractivity contribution >= 4 is 11.6 Å². The van der Waals surface area contributed by atoms with Gasteiger partial charge in [0.1, 0.15) is 5.82 Å². The van der Waals surface area contributed by atoms with E-state index in [1.54, 1.807) is 7.11 Å². The molecule has 5 nitrogen and oxygen atoms in total. The summed E-state index contributed by atoms with van der Waals surface area (Å²) in [4.78, 5) is 4.17. The van der Waals surface area contributed by atoms with E-state index >= 15 is 0 Å². The maximum atomic E-state index is 12.9. The largest absolute Gasteiger partial charge is 0.383 e. The van der Waals surface area contributed by atoms with Gasteiger partial charge in [0, 0.05) is 25.1 Å². The number of ether oxygens (including phenoxy) is 1. The summed E-state index contributed by atoms with van der Waals surface area (Å²) in [7, 11) is 1.57. The molecule has 2 rings (SSSR count). The van der Waals surface area contributed by atoms with Crippen LogP contribution in [0.2, 0.25) is 5.02 Å². The fourth-order valence-electron chi connectivity index (χ4n) is 1.62. The summed E-state index contributed by atoms with van der Waals surface area (Å²) in [5, 5.41) is 4.03. The average Bonchev–Trinajstić information content (AvgIpc) is 2.77. The van der Waals surface area contributed by atoms with E-state index in [0.29, 0.717) is 30.3 Å². The van der Waals surface area contributed by atoms with Crippen LogP contribution in [-0.4, -0.2) is 29.9 Å². The molecule has 2 aromatic rings. The summed E-state index contributed by atoms with van der Waals surface area (Å²) in [5.41, 5.74) is 6.30. The van der Waals surface area contributed by atoms with Gasteiger partial charge in [0.2, 0.25) is 11.7 Å². The number of halogens is 2. The molecular weight excluding hydrogens is 273 g/mol. The van der Waals surface area contributed by atoms with Crippen LogP contribution in [0.3, 0.4) is 0 Å². The number of hydrogen-bond acceptors (Lipinski definition) is 5. The van der Waals surface area contributed by atoms with E-state index in [1.807, 2.05) is 0 Å².